The van der Waals surface area contributed by atoms with E-state index < -0.39 is 0 Å². The van der Waals surface area contributed by atoms with Gasteiger partial charge in [-0.15, -0.1) is 0 Å². The molecule has 4 rings (SSSR count). The van der Waals surface area contributed by atoms with Gasteiger partial charge in [0.2, 0.25) is 0 Å². The first-order valence-electron chi connectivity index (χ1n) is 8.21. The molecule has 3 N–H and O–H groups in total. The molecule has 0 spiro atoms. The van der Waals surface area contributed by atoms with Gasteiger partial charge in [0.15, 0.2) is 5.96 Å². The fraction of sp³-hybridized carbons (Fsp3) is 0.316. The first-order chi connectivity index (χ1) is 11.3. The molecule has 23 heavy (non-hydrogen) atoms. The molecule has 0 amide bonds. The highest BCUT2D eigenvalue weighted by Gasteiger charge is 2.21. The number of nitrogens with zero attached hydrogens (tertiary/aromatic N) is 1. The van der Waals surface area contributed by atoms with Crippen molar-refractivity contribution in [2.45, 2.75) is 31.8 Å². The number of nitrogens with two attached hydrogens (primary N) is 1. The standard InChI is InChI=1S/C19H21N3O/c20-19(22-16-9-8-13-5-3-6-14(13)10-16)21-12-17-11-15-4-1-2-7-18(15)23-17/h1-2,4,7-10,17H,3,5-6,11-12H2,(H3,20,21,22). The summed E-state index contributed by atoms with van der Waals surface area (Å²) in [6.45, 7) is 0.568. The van der Waals surface area contributed by atoms with E-state index in [0.717, 1.165) is 24.3 Å². The normalized spacial score (nSPS) is 19.1. The molecule has 0 bridgehead atoms. The molecular weight excluding hydrogens is 286 g/mol. The molecule has 1 atom stereocenters. The van der Waals surface area contributed by atoms with Crippen LogP contribution in [0.25, 0.3) is 0 Å². The van der Waals surface area contributed by atoms with E-state index in [4.69, 9.17) is 10.5 Å². The van der Waals surface area contributed by atoms with Crippen molar-refractivity contribution in [3.63, 3.8) is 0 Å². The molecule has 1 unspecified atom stereocenters. The molecule has 2 aliphatic rings. The number of benzene rings is 2. The molecular formula is C19H21N3O. The fourth-order valence-electron chi connectivity index (χ4n) is 3.39. The maximum atomic E-state index is 6.02. The Bertz CT molecular complexity index is 729. The van der Waals surface area contributed by atoms with E-state index >= 15 is 0 Å². The molecule has 1 heterocycles. The van der Waals surface area contributed by atoms with Gasteiger partial charge in [-0.05, 0) is 54.2 Å². The van der Waals surface area contributed by atoms with Gasteiger partial charge in [-0.1, -0.05) is 24.3 Å². The number of guanidine groups is 1. The third-order valence-corrected chi connectivity index (χ3v) is 4.55. The molecule has 4 heteroatoms. The first kappa shape index (κ1) is 14.1. The quantitative estimate of drug-likeness (QED) is 0.677. The second-order valence-electron chi connectivity index (χ2n) is 6.24. The maximum absolute atomic E-state index is 6.02. The van der Waals surface area contributed by atoms with Crippen LogP contribution in [0.5, 0.6) is 5.75 Å². The largest absolute Gasteiger partial charge is 0.488 e. The Morgan fingerprint density at radius 2 is 2.00 bits per heavy atom. The van der Waals surface area contributed by atoms with Crippen molar-refractivity contribution in [3.05, 3.63) is 59.2 Å². The first-order valence-corrected chi connectivity index (χ1v) is 8.21. The lowest BCUT2D eigenvalue weighted by molar-refractivity contribution is 0.242. The third kappa shape index (κ3) is 3.02. The summed E-state index contributed by atoms with van der Waals surface area (Å²) in [7, 11) is 0. The van der Waals surface area contributed by atoms with Crippen molar-refractivity contribution in [3.8, 4) is 5.75 Å². The van der Waals surface area contributed by atoms with Gasteiger partial charge >= 0.3 is 0 Å². The average molecular weight is 307 g/mol. The van der Waals surface area contributed by atoms with Crippen molar-refractivity contribution < 1.29 is 4.74 Å². The van der Waals surface area contributed by atoms with Crippen LogP contribution < -0.4 is 15.8 Å². The lowest BCUT2D eigenvalue weighted by atomic mass is 10.1. The number of aliphatic imine (C=N–C) groups is 1. The van der Waals surface area contributed by atoms with Crippen LogP contribution in [0.2, 0.25) is 0 Å². The van der Waals surface area contributed by atoms with Crippen LogP contribution >= 0.6 is 0 Å². The Morgan fingerprint density at radius 3 is 2.91 bits per heavy atom. The smallest absolute Gasteiger partial charge is 0.193 e. The van der Waals surface area contributed by atoms with Crippen molar-refractivity contribution >= 4 is 11.6 Å². The summed E-state index contributed by atoms with van der Waals surface area (Å²) >= 11 is 0. The summed E-state index contributed by atoms with van der Waals surface area (Å²) in [5.74, 6) is 1.42. The Labute approximate surface area is 136 Å². The van der Waals surface area contributed by atoms with Crippen molar-refractivity contribution in [2.24, 2.45) is 10.7 Å². The summed E-state index contributed by atoms with van der Waals surface area (Å²) in [6, 6.07) is 14.6. The summed E-state index contributed by atoms with van der Waals surface area (Å²) in [5, 5.41) is 3.19. The highest BCUT2D eigenvalue weighted by atomic mass is 16.5. The van der Waals surface area contributed by atoms with E-state index in [1.807, 2.05) is 18.2 Å². The zero-order valence-electron chi connectivity index (χ0n) is 13.1. The van der Waals surface area contributed by atoms with Crippen LogP contribution in [0.15, 0.2) is 47.5 Å². The van der Waals surface area contributed by atoms with E-state index in [2.05, 4.69) is 34.6 Å². The monoisotopic (exact) mass is 307 g/mol. The number of ether oxygens (including phenoxy) is 1. The minimum Gasteiger partial charge on any atom is -0.488 e. The SMILES string of the molecule is NC(=NCC1Cc2ccccc2O1)Nc1ccc2c(c1)CCC2. The van der Waals surface area contributed by atoms with E-state index in [9.17, 15) is 0 Å². The summed E-state index contributed by atoms with van der Waals surface area (Å²) < 4.78 is 5.88. The predicted molar refractivity (Wildman–Crippen MR) is 93.1 cm³/mol. The molecule has 0 saturated carbocycles. The van der Waals surface area contributed by atoms with Gasteiger partial charge in [0, 0.05) is 12.1 Å². The van der Waals surface area contributed by atoms with Gasteiger partial charge in [0.05, 0.1) is 6.54 Å². The third-order valence-electron chi connectivity index (χ3n) is 4.55. The molecule has 2 aromatic carbocycles. The zero-order valence-corrected chi connectivity index (χ0v) is 13.1. The van der Waals surface area contributed by atoms with Crippen molar-refractivity contribution in [1.82, 2.24) is 0 Å². The maximum Gasteiger partial charge on any atom is 0.193 e. The number of hydrogen-bond donors (Lipinski definition) is 2. The minimum absolute atomic E-state index is 0.0766. The molecule has 118 valence electrons. The number of rotatable bonds is 3. The number of nitrogens with one attached hydrogen (secondary N) is 1. The predicted octanol–water partition coefficient (Wildman–Crippen LogP) is 2.91. The van der Waals surface area contributed by atoms with E-state index in [1.54, 1.807) is 0 Å². The topological polar surface area (TPSA) is 59.6 Å². The number of hydrogen-bond acceptors (Lipinski definition) is 2. The van der Waals surface area contributed by atoms with Crippen LogP contribution in [0, 0.1) is 0 Å². The molecule has 0 fully saturated rings. The zero-order chi connectivity index (χ0) is 15.6. The number of anilines is 1. The molecule has 1 aliphatic carbocycles. The van der Waals surface area contributed by atoms with E-state index in [0.29, 0.717) is 12.5 Å². The van der Waals surface area contributed by atoms with Crippen LogP contribution in [0.4, 0.5) is 5.69 Å². The van der Waals surface area contributed by atoms with Crippen LogP contribution in [0.3, 0.4) is 0 Å². The van der Waals surface area contributed by atoms with Crippen LogP contribution in [-0.2, 0) is 19.3 Å². The van der Waals surface area contributed by atoms with Gasteiger partial charge in [-0.25, -0.2) is 4.99 Å². The molecule has 0 aromatic heterocycles. The van der Waals surface area contributed by atoms with Gasteiger partial charge in [-0.3, -0.25) is 0 Å². The molecule has 1 aliphatic heterocycles. The minimum atomic E-state index is 0.0766. The van der Waals surface area contributed by atoms with Crippen LogP contribution in [-0.4, -0.2) is 18.6 Å². The lowest BCUT2D eigenvalue weighted by Gasteiger charge is -2.10. The Morgan fingerprint density at radius 1 is 1.13 bits per heavy atom. The highest BCUT2D eigenvalue weighted by Crippen LogP contribution is 2.28. The Hall–Kier alpha value is -2.49. The fourth-order valence-corrected chi connectivity index (χ4v) is 3.39. The second-order valence-corrected chi connectivity index (χ2v) is 6.24. The highest BCUT2D eigenvalue weighted by molar-refractivity contribution is 5.92. The Balaban J connectivity index is 1.36. The van der Waals surface area contributed by atoms with Gasteiger partial charge in [-0.2, -0.15) is 0 Å². The summed E-state index contributed by atoms with van der Waals surface area (Å²) in [6.07, 6.45) is 4.58. The number of para-hydroxylation sites is 1. The van der Waals surface area contributed by atoms with E-state index in [-0.39, 0.29) is 6.10 Å². The molecule has 0 radical (unpaired) electrons. The number of fused-ring (bicyclic) bond motifs is 2. The van der Waals surface area contributed by atoms with Crippen molar-refractivity contribution in [1.29, 1.82) is 0 Å². The van der Waals surface area contributed by atoms with Crippen LogP contribution in [0.1, 0.15) is 23.1 Å². The summed E-state index contributed by atoms with van der Waals surface area (Å²) in [4.78, 5) is 4.44. The molecule has 2 aromatic rings. The summed E-state index contributed by atoms with van der Waals surface area (Å²) in [5.41, 5.74) is 11.2. The molecule has 4 nitrogen and oxygen atoms in total. The van der Waals surface area contributed by atoms with Gasteiger partial charge in [0.1, 0.15) is 11.9 Å². The second kappa shape index (κ2) is 5.95. The van der Waals surface area contributed by atoms with Gasteiger partial charge in [0.25, 0.3) is 0 Å². The van der Waals surface area contributed by atoms with Crippen molar-refractivity contribution in [2.75, 3.05) is 11.9 Å². The van der Waals surface area contributed by atoms with Gasteiger partial charge < -0.3 is 15.8 Å². The number of aryl methyl sites for hydroxylation is 2. The Kier molecular flexibility index (Phi) is 3.66. The molecule has 0 saturated heterocycles. The lowest BCUT2D eigenvalue weighted by Crippen LogP contribution is -2.26. The van der Waals surface area contributed by atoms with E-state index in [1.165, 1.54) is 29.5 Å². The average Bonchev–Trinajstić information content (AvgIpc) is 3.18.